The van der Waals surface area contributed by atoms with E-state index in [0.717, 1.165) is 29.7 Å². The van der Waals surface area contributed by atoms with Gasteiger partial charge in [-0.05, 0) is 60.4 Å². The van der Waals surface area contributed by atoms with Gasteiger partial charge in [0.15, 0.2) is 0 Å². The molecule has 4 nitrogen and oxygen atoms in total. The Bertz CT molecular complexity index is 865. The van der Waals surface area contributed by atoms with Crippen LogP contribution in [0.5, 0.6) is 0 Å². The molecule has 0 bridgehead atoms. The number of amides is 1. The number of aromatic nitrogens is 1. The summed E-state index contributed by atoms with van der Waals surface area (Å²) in [6, 6.07) is 10.3. The van der Waals surface area contributed by atoms with Crippen molar-refractivity contribution in [3.8, 4) is 11.1 Å². The number of hydroxylamine groups is 1. The zero-order valence-electron chi connectivity index (χ0n) is 15.7. The van der Waals surface area contributed by atoms with Crippen LogP contribution in [0.3, 0.4) is 0 Å². The van der Waals surface area contributed by atoms with Gasteiger partial charge in [0, 0.05) is 17.7 Å². The molecular weight excluding hydrogens is 355 g/mol. The summed E-state index contributed by atoms with van der Waals surface area (Å²) < 4.78 is 13.4. The van der Waals surface area contributed by atoms with E-state index in [0.29, 0.717) is 11.8 Å². The quantitative estimate of drug-likeness (QED) is 0.589. The molecule has 1 heterocycles. The van der Waals surface area contributed by atoms with Gasteiger partial charge in [-0.15, -0.1) is 0 Å². The summed E-state index contributed by atoms with van der Waals surface area (Å²) in [5, 5.41) is 9.13. The first-order valence-corrected chi connectivity index (χ1v) is 10.00. The van der Waals surface area contributed by atoms with E-state index < -0.39 is 0 Å². The number of nitrogens with one attached hydrogen (secondary N) is 1. The largest absolute Gasteiger partial charge is 0.289 e. The standard InChI is InChI=1S/C23H25FN2O2/c24-18-6-3-5-15(12-18)17-8-9-19(25-14-17)10-11-21-20-7-2-1-4-16(20)13-22(21)23(27)26-28/h3,5-6,8-12,14,16,20-22,28H,1-2,4,7,13H2,(H,26,27)/t16-,20-,21+,22+/m1/s1. The Morgan fingerprint density at radius 1 is 1.18 bits per heavy atom. The van der Waals surface area contributed by atoms with Crippen LogP contribution in [0.4, 0.5) is 4.39 Å². The van der Waals surface area contributed by atoms with E-state index in [9.17, 15) is 9.18 Å². The minimum Gasteiger partial charge on any atom is -0.289 e. The molecule has 0 spiro atoms. The van der Waals surface area contributed by atoms with Gasteiger partial charge in [0.05, 0.1) is 5.69 Å². The molecule has 2 aliphatic carbocycles. The number of carbonyl (C=O) groups is 1. The molecule has 4 atom stereocenters. The van der Waals surface area contributed by atoms with Gasteiger partial charge in [-0.3, -0.25) is 15.0 Å². The lowest BCUT2D eigenvalue weighted by atomic mass is 9.77. The number of hydrogen-bond acceptors (Lipinski definition) is 3. The van der Waals surface area contributed by atoms with Gasteiger partial charge < -0.3 is 0 Å². The summed E-state index contributed by atoms with van der Waals surface area (Å²) in [7, 11) is 0. The van der Waals surface area contributed by atoms with E-state index in [2.05, 4.69) is 11.1 Å². The first-order valence-electron chi connectivity index (χ1n) is 10.00. The highest BCUT2D eigenvalue weighted by Crippen LogP contribution is 2.49. The Morgan fingerprint density at radius 2 is 2.04 bits per heavy atom. The maximum absolute atomic E-state index is 13.4. The molecule has 2 aliphatic rings. The molecule has 0 radical (unpaired) electrons. The van der Waals surface area contributed by atoms with Crippen LogP contribution in [-0.4, -0.2) is 16.1 Å². The van der Waals surface area contributed by atoms with Crippen molar-refractivity contribution in [3.05, 3.63) is 60.2 Å². The molecule has 1 aromatic carbocycles. The summed E-state index contributed by atoms with van der Waals surface area (Å²) >= 11 is 0. The van der Waals surface area contributed by atoms with Gasteiger partial charge in [-0.25, -0.2) is 9.87 Å². The number of pyridine rings is 1. The summed E-state index contributed by atoms with van der Waals surface area (Å²) in [5.41, 5.74) is 4.32. The van der Waals surface area contributed by atoms with Crippen LogP contribution in [0.1, 0.15) is 37.8 Å². The Morgan fingerprint density at radius 3 is 2.79 bits per heavy atom. The van der Waals surface area contributed by atoms with Crippen LogP contribution in [0.25, 0.3) is 17.2 Å². The predicted molar refractivity (Wildman–Crippen MR) is 106 cm³/mol. The number of allylic oxidation sites excluding steroid dienone is 1. The molecule has 0 unspecified atom stereocenters. The van der Waals surface area contributed by atoms with Gasteiger partial charge in [0.25, 0.3) is 0 Å². The smallest absolute Gasteiger partial charge is 0.247 e. The fourth-order valence-electron chi connectivity index (χ4n) is 5.01. The zero-order valence-corrected chi connectivity index (χ0v) is 15.7. The van der Waals surface area contributed by atoms with Gasteiger partial charge in [-0.2, -0.15) is 0 Å². The molecule has 2 N–H and O–H groups in total. The number of carbonyl (C=O) groups excluding carboxylic acids is 1. The number of halogens is 1. The highest BCUT2D eigenvalue weighted by Gasteiger charge is 2.45. The van der Waals surface area contributed by atoms with Crippen LogP contribution in [0.2, 0.25) is 0 Å². The number of benzene rings is 1. The van der Waals surface area contributed by atoms with Crippen LogP contribution in [0, 0.1) is 29.5 Å². The SMILES string of the molecule is O=C(NO)[C@H]1C[C@H]2CCCC[C@H]2[C@@H]1C=Cc1ccc(-c2cccc(F)c2)cn1. The maximum atomic E-state index is 13.4. The molecule has 28 heavy (non-hydrogen) atoms. The second-order valence-corrected chi connectivity index (χ2v) is 7.95. The fourth-order valence-corrected chi connectivity index (χ4v) is 5.01. The second-order valence-electron chi connectivity index (χ2n) is 7.95. The first-order chi connectivity index (χ1) is 13.7. The highest BCUT2D eigenvalue weighted by molar-refractivity contribution is 5.78. The van der Waals surface area contributed by atoms with Crippen molar-refractivity contribution in [2.24, 2.45) is 23.7 Å². The van der Waals surface area contributed by atoms with Crippen molar-refractivity contribution in [1.29, 1.82) is 0 Å². The molecule has 2 saturated carbocycles. The Hall–Kier alpha value is -2.53. The van der Waals surface area contributed by atoms with Crippen molar-refractivity contribution in [3.63, 3.8) is 0 Å². The second kappa shape index (κ2) is 8.23. The summed E-state index contributed by atoms with van der Waals surface area (Å²) in [6.07, 6.45) is 11.4. The minimum atomic E-state index is -0.279. The molecule has 1 amide bonds. The van der Waals surface area contributed by atoms with Crippen LogP contribution in [-0.2, 0) is 4.79 Å². The Balaban J connectivity index is 1.52. The molecule has 146 valence electrons. The molecular formula is C23H25FN2O2. The van der Waals surface area contributed by atoms with Gasteiger partial charge in [0.1, 0.15) is 5.82 Å². The average molecular weight is 380 g/mol. The van der Waals surface area contributed by atoms with Gasteiger partial charge in [0.2, 0.25) is 5.91 Å². The maximum Gasteiger partial charge on any atom is 0.247 e. The predicted octanol–water partition coefficient (Wildman–Crippen LogP) is 4.85. The van der Waals surface area contributed by atoms with Crippen molar-refractivity contribution >= 4 is 12.0 Å². The summed E-state index contributed by atoms with van der Waals surface area (Å²) in [4.78, 5) is 16.6. The van der Waals surface area contributed by atoms with E-state index in [1.807, 2.05) is 29.8 Å². The molecule has 2 fully saturated rings. The van der Waals surface area contributed by atoms with E-state index in [1.54, 1.807) is 12.3 Å². The minimum absolute atomic E-state index is 0.127. The average Bonchev–Trinajstić information content (AvgIpc) is 3.10. The normalized spacial score (nSPS) is 26.9. The fraction of sp³-hybridized carbons (Fsp3) is 0.391. The topological polar surface area (TPSA) is 62.2 Å². The summed E-state index contributed by atoms with van der Waals surface area (Å²) in [6.45, 7) is 0. The molecule has 0 aliphatic heterocycles. The molecule has 2 aromatic rings. The van der Waals surface area contributed by atoms with Crippen molar-refractivity contribution in [1.82, 2.24) is 10.5 Å². The van der Waals surface area contributed by atoms with E-state index >= 15 is 0 Å². The van der Waals surface area contributed by atoms with E-state index in [-0.39, 0.29) is 23.6 Å². The molecule has 4 rings (SSSR count). The third-order valence-corrected chi connectivity index (χ3v) is 6.36. The van der Waals surface area contributed by atoms with E-state index in [4.69, 9.17) is 5.21 Å². The number of nitrogens with zero attached hydrogens (tertiary/aromatic N) is 1. The highest BCUT2D eigenvalue weighted by atomic mass is 19.1. The molecule has 1 aromatic heterocycles. The van der Waals surface area contributed by atoms with E-state index in [1.165, 1.54) is 31.4 Å². The third-order valence-electron chi connectivity index (χ3n) is 6.36. The van der Waals surface area contributed by atoms with Crippen LogP contribution >= 0.6 is 0 Å². The zero-order chi connectivity index (χ0) is 19.5. The third kappa shape index (κ3) is 3.85. The van der Waals surface area contributed by atoms with Crippen molar-refractivity contribution in [2.75, 3.05) is 0 Å². The molecule has 0 saturated heterocycles. The van der Waals surface area contributed by atoms with Crippen LogP contribution in [0.15, 0.2) is 48.7 Å². The van der Waals surface area contributed by atoms with Crippen molar-refractivity contribution in [2.45, 2.75) is 32.1 Å². The van der Waals surface area contributed by atoms with Crippen LogP contribution < -0.4 is 5.48 Å². The number of fused-ring (bicyclic) bond motifs is 1. The number of rotatable bonds is 4. The lowest BCUT2D eigenvalue weighted by Crippen LogP contribution is -2.31. The lowest BCUT2D eigenvalue weighted by Gasteiger charge is -2.28. The first kappa shape index (κ1) is 18.8. The molecule has 5 heteroatoms. The van der Waals surface area contributed by atoms with Gasteiger partial charge in [-0.1, -0.05) is 43.5 Å². The monoisotopic (exact) mass is 380 g/mol. The van der Waals surface area contributed by atoms with Gasteiger partial charge >= 0.3 is 0 Å². The van der Waals surface area contributed by atoms with Crippen molar-refractivity contribution < 1.29 is 14.4 Å². The Labute approximate surface area is 164 Å². The Kier molecular flexibility index (Phi) is 5.53. The number of hydrogen-bond donors (Lipinski definition) is 2. The summed E-state index contributed by atoms with van der Waals surface area (Å²) in [5.74, 6) is 0.465. The lowest BCUT2D eigenvalue weighted by molar-refractivity contribution is -0.134.